The molecule has 234 valence electrons. The molecule has 0 saturated heterocycles. The molecule has 5 nitrogen and oxygen atoms in total. The summed E-state index contributed by atoms with van der Waals surface area (Å²) in [7, 11) is 0. The SMILES string of the molecule is C=CCc1cc(C=Nc2sc3c(c2C(=O)Nc2ccccc2C)CCCCCC3)cc(OCC)c1OCc1ccc(Cl)cc1Cl. The van der Waals surface area contributed by atoms with Crippen molar-refractivity contribution in [1.82, 2.24) is 0 Å². The molecular formula is C37H38Cl2N2O3S. The molecule has 0 atom stereocenters. The monoisotopic (exact) mass is 660 g/mol. The maximum Gasteiger partial charge on any atom is 0.259 e. The molecule has 1 amide bonds. The summed E-state index contributed by atoms with van der Waals surface area (Å²) in [6.07, 6.45) is 10.7. The molecule has 0 unspecified atom stereocenters. The third-order valence-electron chi connectivity index (χ3n) is 7.81. The van der Waals surface area contributed by atoms with Crippen LogP contribution in [-0.4, -0.2) is 18.7 Å². The van der Waals surface area contributed by atoms with Crippen LogP contribution in [0, 0.1) is 6.92 Å². The van der Waals surface area contributed by atoms with Crippen LogP contribution in [0.15, 0.2) is 72.2 Å². The number of nitrogens with zero attached hydrogens (tertiary/aromatic N) is 1. The van der Waals surface area contributed by atoms with E-state index in [0.29, 0.717) is 40.1 Å². The number of amides is 1. The van der Waals surface area contributed by atoms with E-state index in [2.05, 4.69) is 11.9 Å². The normalized spacial score (nSPS) is 13.2. The highest BCUT2D eigenvalue weighted by Crippen LogP contribution is 2.40. The van der Waals surface area contributed by atoms with Crippen molar-refractivity contribution in [3.63, 3.8) is 0 Å². The summed E-state index contributed by atoms with van der Waals surface area (Å²) in [6.45, 7) is 8.62. The van der Waals surface area contributed by atoms with Crippen molar-refractivity contribution in [1.29, 1.82) is 0 Å². The number of hydrogen-bond donors (Lipinski definition) is 1. The van der Waals surface area contributed by atoms with E-state index in [4.69, 9.17) is 37.7 Å². The van der Waals surface area contributed by atoms with Crippen LogP contribution in [0.5, 0.6) is 11.5 Å². The Bertz CT molecular complexity index is 1710. The van der Waals surface area contributed by atoms with E-state index in [1.54, 1.807) is 23.5 Å². The van der Waals surface area contributed by atoms with Gasteiger partial charge in [0.1, 0.15) is 11.6 Å². The zero-order chi connectivity index (χ0) is 31.8. The van der Waals surface area contributed by atoms with Gasteiger partial charge in [-0.05, 0) is 93.0 Å². The second-order valence-corrected chi connectivity index (χ2v) is 13.0. The fourth-order valence-electron chi connectivity index (χ4n) is 5.54. The van der Waals surface area contributed by atoms with Crippen LogP contribution in [0.2, 0.25) is 10.0 Å². The summed E-state index contributed by atoms with van der Waals surface area (Å²) in [5.74, 6) is 1.14. The number of ether oxygens (including phenoxy) is 2. The topological polar surface area (TPSA) is 59.9 Å². The highest BCUT2D eigenvalue weighted by molar-refractivity contribution is 7.16. The third kappa shape index (κ3) is 8.18. The first-order valence-corrected chi connectivity index (χ1v) is 17.0. The van der Waals surface area contributed by atoms with Gasteiger partial charge in [-0.2, -0.15) is 0 Å². The molecule has 45 heavy (non-hydrogen) atoms. The average molecular weight is 662 g/mol. The molecule has 4 aromatic rings. The maximum absolute atomic E-state index is 13.8. The predicted molar refractivity (Wildman–Crippen MR) is 189 cm³/mol. The first-order chi connectivity index (χ1) is 21.9. The molecule has 0 aliphatic heterocycles. The van der Waals surface area contributed by atoms with Crippen LogP contribution in [0.25, 0.3) is 0 Å². The van der Waals surface area contributed by atoms with E-state index in [-0.39, 0.29) is 12.5 Å². The van der Waals surface area contributed by atoms with Crippen molar-refractivity contribution < 1.29 is 14.3 Å². The molecule has 1 aliphatic carbocycles. The van der Waals surface area contributed by atoms with Crippen molar-refractivity contribution >= 4 is 57.3 Å². The van der Waals surface area contributed by atoms with Gasteiger partial charge in [0.05, 0.1) is 12.2 Å². The number of halogens is 2. The molecule has 0 fully saturated rings. The molecule has 0 spiro atoms. The highest BCUT2D eigenvalue weighted by atomic mass is 35.5. The summed E-state index contributed by atoms with van der Waals surface area (Å²) in [5, 5.41) is 5.01. The minimum atomic E-state index is -0.110. The van der Waals surface area contributed by atoms with Gasteiger partial charge in [-0.1, -0.05) is 66.4 Å². The predicted octanol–water partition coefficient (Wildman–Crippen LogP) is 10.7. The van der Waals surface area contributed by atoms with Gasteiger partial charge < -0.3 is 14.8 Å². The highest BCUT2D eigenvalue weighted by Gasteiger charge is 2.24. The Hall–Kier alpha value is -3.58. The number of benzene rings is 3. The first-order valence-electron chi connectivity index (χ1n) is 15.4. The number of fused-ring (bicyclic) bond motifs is 1. The number of aryl methyl sites for hydroxylation is 2. The number of anilines is 1. The Labute approximate surface area is 279 Å². The molecular weight excluding hydrogens is 623 g/mol. The van der Waals surface area contributed by atoms with Crippen molar-refractivity contribution in [3.8, 4) is 11.5 Å². The molecule has 1 N–H and O–H groups in total. The van der Waals surface area contributed by atoms with Crippen LogP contribution in [0.1, 0.15) is 75.7 Å². The van der Waals surface area contributed by atoms with Gasteiger partial charge in [-0.25, -0.2) is 4.99 Å². The van der Waals surface area contributed by atoms with Crippen molar-refractivity contribution in [3.05, 3.63) is 116 Å². The van der Waals surface area contributed by atoms with Crippen LogP contribution in [0.3, 0.4) is 0 Å². The van der Waals surface area contributed by atoms with Gasteiger partial charge in [-0.15, -0.1) is 17.9 Å². The Kier molecular flexibility index (Phi) is 11.4. The molecule has 5 rings (SSSR count). The molecule has 0 radical (unpaired) electrons. The number of allylic oxidation sites excluding steroid dienone is 1. The molecule has 3 aromatic carbocycles. The zero-order valence-corrected chi connectivity index (χ0v) is 28.1. The van der Waals surface area contributed by atoms with Crippen LogP contribution < -0.4 is 14.8 Å². The van der Waals surface area contributed by atoms with Crippen molar-refractivity contribution in [2.45, 2.75) is 65.4 Å². The van der Waals surface area contributed by atoms with E-state index < -0.39 is 0 Å². The molecule has 8 heteroatoms. The van der Waals surface area contributed by atoms with Gasteiger partial charge in [0.25, 0.3) is 5.91 Å². The molecule has 1 aromatic heterocycles. The molecule has 1 heterocycles. The summed E-state index contributed by atoms with van der Waals surface area (Å²) in [4.78, 5) is 20.1. The molecule has 0 bridgehead atoms. The minimum Gasteiger partial charge on any atom is -0.490 e. The fraction of sp³-hybridized carbons (Fsp3) is 0.297. The Morgan fingerprint density at radius 1 is 1.02 bits per heavy atom. The Morgan fingerprint density at radius 2 is 1.82 bits per heavy atom. The molecule has 1 aliphatic rings. The fourth-order valence-corrected chi connectivity index (χ4v) is 7.24. The quantitative estimate of drug-likeness (QED) is 0.129. The average Bonchev–Trinajstić information content (AvgIpc) is 3.34. The molecule has 0 saturated carbocycles. The summed E-state index contributed by atoms with van der Waals surface area (Å²) in [6, 6.07) is 17.2. The van der Waals surface area contributed by atoms with Crippen LogP contribution >= 0.6 is 34.5 Å². The number of para-hydroxylation sites is 1. The lowest BCUT2D eigenvalue weighted by molar-refractivity contribution is 0.102. The van der Waals surface area contributed by atoms with Gasteiger partial charge in [0, 0.05) is 38.0 Å². The van der Waals surface area contributed by atoms with Gasteiger partial charge in [-0.3, -0.25) is 4.79 Å². The minimum absolute atomic E-state index is 0.110. The van der Waals surface area contributed by atoms with Crippen LogP contribution in [0.4, 0.5) is 10.7 Å². The third-order valence-corrected chi connectivity index (χ3v) is 9.60. The zero-order valence-electron chi connectivity index (χ0n) is 25.8. The lowest BCUT2D eigenvalue weighted by Gasteiger charge is -2.17. The van der Waals surface area contributed by atoms with Gasteiger partial charge in [0.15, 0.2) is 11.5 Å². The standard InChI is InChI=1S/C37H38Cl2N2O3S/c1-4-12-26-19-25(20-32(43-5-2)35(26)44-23-27-17-18-28(38)21-30(27)39)22-40-37-34(29-14-8-6-7-9-16-33(29)45-37)36(42)41-31-15-11-10-13-24(31)3/h4,10-11,13,15,17-22H,1,5-9,12,14,16,23H2,2-3H3,(H,41,42). The van der Waals surface area contributed by atoms with E-state index >= 15 is 0 Å². The van der Waals surface area contributed by atoms with Gasteiger partial charge in [0.2, 0.25) is 0 Å². The lowest BCUT2D eigenvalue weighted by Crippen LogP contribution is -2.15. The van der Waals surface area contributed by atoms with Crippen molar-refractivity contribution in [2.24, 2.45) is 4.99 Å². The van der Waals surface area contributed by atoms with E-state index in [0.717, 1.165) is 64.2 Å². The number of thiophene rings is 1. The largest absolute Gasteiger partial charge is 0.490 e. The number of nitrogens with one attached hydrogen (secondary N) is 1. The van der Waals surface area contributed by atoms with E-state index in [1.165, 1.54) is 17.7 Å². The van der Waals surface area contributed by atoms with Crippen LogP contribution in [-0.2, 0) is 25.9 Å². The maximum atomic E-state index is 13.8. The second kappa shape index (κ2) is 15.6. The number of carbonyl (C=O) groups is 1. The van der Waals surface area contributed by atoms with E-state index in [1.807, 2.05) is 68.6 Å². The number of aliphatic imine (C=N–C) groups is 1. The number of rotatable bonds is 11. The summed E-state index contributed by atoms with van der Waals surface area (Å²) >= 11 is 14.1. The van der Waals surface area contributed by atoms with Crippen molar-refractivity contribution in [2.75, 3.05) is 11.9 Å². The first kappa shape index (κ1) is 32.8. The Balaban J connectivity index is 1.50. The summed E-state index contributed by atoms with van der Waals surface area (Å²) < 4.78 is 12.3. The second-order valence-electron chi connectivity index (χ2n) is 11.1. The Morgan fingerprint density at radius 3 is 2.58 bits per heavy atom. The van der Waals surface area contributed by atoms with E-state index in [9.17, 15) is 4.79 Å². The lowest BCUT2D eigenvalue weighted by atomic mass is 9.96. The van der Waals surface area contributed by atoms with Gasteiger partial charge >= 0.3 is 0 Å². The number of carbonyl (C=O) groups excluding carboxylic acids is 1. The smallest absolute Gasteiger partial charge is 0.259 e. The number of hydrogen-bond acceptors (Lipinski definition) is 5. The summed E-state index contributed by atoms with van der Waals surface area (Å²) in [5.41, 5.74) is 6.25.